The van der Waals surface area contributed by atoms with E-state index in [0.29, 0.717) is 125 Å². The fraction of sp³-hybridized carbons (Fsp3) is 0.308. The van der Waals surface area contributed by atoms with Crippen molar-refractivity contribution in [3.05, 3.63) is 233 Å². The number of unbranched alkanes of at least 4 members (excludes halogenated alkanes) is 3. The number of Topliss-reactive ketones (excluding diaryl/α,β-unsaturated/α-hetero) is 3. The zero-order chi connectivity index (χ0) is 75.5. The van der Waals surface area contributed by atoms with E-state index >= 15 is 0 Å². The Morgan fingerprint density at radius 1 is 0.387 bits per heavy atom. The number of likely N-dealkylation sites (N-methyl/N-ethyl adjacent to an activating group) is 3. The molecule has 0 spiro atoms. The molecular weight excluding hydrogens is 1370 g/mol. The Morgan fingerprint density at radius 2 is 0.651 bits per heavy atom. The van der Waals surface area contributed by atoms with Crippen LogP contribution in [0.1, 0.15) is 143 Å². The topological polar surface area (TPSA) is 281 Å². The monoisotopic (exact) mass is 1450 g/mol. The van der Waals surface area contributed by atoms with Gasteiger partial charge in [0, 0.05) is 139 Å². The maximum Gasteiger partial charge on any atom is 0.266 e. The van der Waals surface area contributed by atoms with Gasteiger partial charge in [0.05, 0.1) is 37.1 Å². The number of aliphatic imine (C=N–C) groups is 3. The number of hydrogen-bond donors (Lipinski definition) is 3. The third kappa shape index (κ3) is 15.2. The SMILES string of the molecule is CCC(=O)c1cc(C2(c3cccc(-c4cccnc4F)c3)N=C(N)N(C)C2=O)cn1CCCCF.CCC(=O)c1cc([C@@]2(c3cccc(-c4cccnc4F)c3)N=C(N)N(C)C2=O)cn1CCCCF.CCC(=O)c1cc([C@]2(c3cccc(-c4cccnc4F)c3)N=C(N)N(C)C2=O)cn1CCCCF.[B]. The van der Waals surface area contributed by atoms with E-state index in [-0.39, 0.29) is 79.6 Å². The summed E-state index contributed by atoms with van der Waals surface area (Å²) in [7, 11) is 4.59. The van der Waals surface area contributed by atoms with Crippen LogP contribution >= 0.6 is 0 Å². The quantitative estimate of drug-likeness (QED) is 0.0142. The number of amides is 3. The van der Waals surface area contributed by atoms with Gasteiger partial charge in [0.1, 0.15) is 0 Å². The molecule has 3 aliphatic heterocycles. The molecule has 106 heavy (non-hydrogen) atoms. The Hall–Kier alpha value is -11.6. The molecule has 0 bridgehead atoms. The van der Waals surface area contributed by atoms with Crippen molar-refractivity contribution in [1.29, 1.82) is 0 Å². The first kappa shape index (κ1) is 78.6. The van der Waals surface area contributed by atoms with E-state index in [1.165, 1.54) is 54.4 Å². The summed E-state index contributed by atoms with van der Waals surface area (Å²) in [5, 5.41) is 0. The van der Waals surface area contributed by atoms with Gasteiger partial charge in [-0.1, -0.05) is 75.4 Å². The smallest absolute Gasteiger partial charge is 0.266 e. The molecule has 0 saturated heterocycles. The summed E-state index contributed by atoms with van der Waals surface area (Å²) in [5.41, 5.74) is 20.1. The molecule has 1 unspecified atom stereocenters. The van der Waals surface area contributed by atoms with Crippen molar-refractivity contribution in [3.63, 3.8) is 0 Å². The van der Waals surface area contributed by atoms with Gasteiger partial charge in [0.25, 0.3) is 17.7 Å². The maximum atomic E-state index is 14.4. The molecule has 6 N–H and O–H groups in total. The number of aryl methyl sites for hydroxylation is 3. The second-order valence-corrected chi connectivity index (χ2v) is 25.3. The average molecular weight is 1450 g/mol. The van der Waals surface area contributed by atoms with Gasteiger partial charge < -0.3 is 30.9 Å². The van der Waals surface area contributed by atoms with E-state index in [2.05, 4.69) is 29.9 Å². The highest BCUT2D eigenvalue weighted by atomic mass is 19.1. The molecule has 3 aliphatic rings. The van der Waals surface area contributed by atoms with Crippen LogP contribution in [0.15, 0.2) is 180 Å². The molecule has 3 amide bonds. The molecule has 28 heteroatoms. The highest BCUT2D eigenvalue weighted by Gasteiger charge is 2.53. The number of pyridine rings is 3. The van der Waals surface area contributed by atoms with Gasteiger partial charge in [0.2, 0.25) is 17.8 Å². The van der Waals surface area contributed by atoms with Crippen LogP contribution in [0, 0.1) is 17.8 Å². The number of guanidine groups is 3. The second-order valence-electron chi connectivity index (χ2n) is 25.3. The van der Waals surface area contributed by atoms with E-state index in [1.807, 2.05) is 0 Å². The van der Waals surface area contributed by atoms with Crippen LogP contribution in [-0.4, -0.2) is 146 Å². The van der Waals surface area contributed by atoms with Crippen molar-refractivity contribution in [3.8, 4) is 33.4 Å². The first-order valence-electron chi connectivity index (χ1n) is 34.4. The molecule has 9 aromatic rings. The number of hydrogen-bond acceptors (Lipinski definition) is 15. The lowest BCUT2D eigenvalue weighted by atomic mass is 9.83. The highest BCUT2D eigenvalue weighted by molar-refractivity contribution is 6.11. The molecule has 0 aliphatic carbocycles. The average Bonchev–Trinajstić information content (AvgIpc) is 1.58. The van der Waals surface area contributed by atoms with Gasteiger partial charge in [-0.3, -0.25) is 56.6 Å². The van der Waals surface area contributed by atoms with E-state index in [9.17, 15) is 55.1 Å². The molecule has 0 saturated carbocycles. The van der Waals surface area contributed by atoms with E-state index in [1.54, 1.807) is 180 Å². The summed E-state index contributed by atoms with van der Waals surface area (Å²) < 4.78 is 86.7. The summed E-state index contributed by atoms with van der Waals surface area (Å²) >= 11 is 0. The Kier molecular flexibility index (Phi) is 25.1. The molecule has 3 aromatic carbocycles. The van der Waals surface area contributed by atoms with Crippen molar-refractivity contribution in [1.82, 2.24) is 43.4 Å². The molecule has 6 aromatic heterocycles. The zero-order valence-electron chi connectivity index (χ0n) is 59.6. The van der Waals surface area contributed by atoms with Crippen molar-refractivity contribution in [2.45, 2.75) is 115 Å². The fourth-order valence-electron chi connectivity index (χ4n) is 13.2. The molecule has 3 radical (unpaired) electrons. The van der Waals surface area contributed by atoms with E-state index in [0.717, 1.165) is 0 Å². The van der Waals surface area contributed by atoms with E-state index in [4.69, 9.17) is 17.2 Å². The molecule has 9 heterocycles. The van der Waals surface area contributed by atoms with Crippen LogP contribution in [0.5, 0.6) is 0 Å². The summed E-state index contributed by atoms with van der Waals surface area (Å²) in [6.45, 7) is 5.19. The van der Waals surface area contributed by atoms with E-state index < -0.39 is 72.2 Å². The number of halogens is 6. The Balaban J connectivity index is 0.000000183. The van der Waals surface area contributed by atoms with Crippen LogP contribution < -0.4 is 17.2 Å². The second kappa shape index (κ2) is 33.9. The number of rotatable bonds is 27. The zero-order valence-corrected chi connectivity index (χ0v) is 59.6. The Bertz CT molecular complexity index is 4390. The van der Waals surface area contributed by atoms with Gasteiger partial charge >= 0.3 is 0 Å². The van der Waals surface area contributed by atoms with Crippen LogP contribution in [0.4, 0.5) is 26.3 Å². The van der Waals surface area contributed by atoms with Gasteiger partial charge in [-0.2, -0.15) is 13.2 Å². The van der Waals surface area contributed by atoms with Crippen LogP contribution in [0.3, 0.4) is 0 Å². The molecule has 549 valence electrons. The normalized spacial score (nSPS) is 17.5. The highest BCUT2D eigenvalue weighted by Crippen LogP contribution is 2.45. The molecule has 0 fully saturated rings. The largest absolute Gasteiger partial charge is 0.369 e. The third-order valence-corrected chi connectivity index (χ3v) is 18.9. The number of ketones is 3. The van der Waals surface area contributed by atoms with Gasteiger partial charge in [0.15, 0.2) is 51.8 Å². The number of alkyl halides is 3. The molecular formula is C78H81BF6N15O6. The molecule has 3 atom stereocenters. The van der Waals surface area contributed by atoms with Crippen molar-refractivity contribution >= 4 is 61.4 Å². The van der Waals surface area contributed by atoms with Crippen LogP contribution in [0.25, 0.3) is 33.4 Å². The minimum atomic E-state index is -1.55. The molecule has 21 nitrogen and oxygen atoms in total. The van der Waals surface area contributed by atoms with Crippen molar-refractivity contribution in [2.75, 3.05) is 41.2 Å². The van der Waals surface area contributed by atoms with Crippen molar-refractivity contribution < 1.29 is 55.1 Å². The van der Waals surface area contributed by atoms with Crippen LogP contribution in [-0.2, 0) is 50.6 Å². The van der Waals surface area contributed by atoms with Gasteiger partial charge in [-0.25, -0.2) is 29.9 Å². The Morgan fingerprint density at radius 3 is 0.868 bits per heavy atom. The number of nitrogens with two attached hydrogens (primary N) is 3. The van der Waals surface area contributed by atoms with Gasteiger partial charge in [-0.05, 0) is 145 Å². The predicted molar refractivity (Wildman–Crippen MR) is 393 cm³/mol. The summed E-state index contributed by atoms with van der Waals surface area (Å²) in [6, 6.07) is 35.3. The van der Waals surface area contributed by atoms with Crippen LogP contribution in [0.2, 0.25) is 0 Å². The lowest BCUT2D eigenvalue weighted by Crippen LogP contribution is -2.41. The summed E-state index contributed by atoms with van der Waals surface area (Å²) in [4.78, 5) is 108. The summed E-state index contributed by atoms with van der Waals surface area (Å²) in [5.74, 6) is -3.30. The lowest BCUT2D eigenvalue weighted by molar-refractivity contribution is -0.130. The maximum absolute atomic E-state index is 14.4. The summed E-state index contributed by atoms with van der Waals surface area (Å²) in [6.07, 6.45) is 12.8. The molecule has 12 rings (SSSR count). The lowest BCUT2D eigenvalue weighted by Gasteiger charge is -2.25. The Labute approximate surface area is 611 Å². The van der Waals surface area contributed by atoms with Gasteiger partial charge in [-0.15, -0.1) is 0 Å². The minimum Gasteiger partial charge on any atom is -0.369 e. The first-order valence-corrected chi connectivity index (χ1v) is 34.4. The number of aromatic nitrogens is 6. The minimum absolute atomic E-state index is 0. The number of carbonyl (C=O) groups is 6. The number of benzene rings is 3. The predicted octanol–water partition coefficient (Wildman–Crippen LogP) is 11.8. The number of carbonyl (C=O) groups excluding carboxylic acids is 6. The first-order chi connectivity index (χ1) is 50.5. The fourth-order valence-corrected chi connectivity index (χ4v) is 13.2. The van der Waals surface area contributed by atoms with Crippen molar-refractivity contribution in [2.24, 2.45) is 32.2 Å². The third-order valence-electron chi connectivity index (χ3n) is 18.9. The standard InChI is InChI=1S/3C26H27F2N5O2.B/c3*1-3-22(34)21-15-19(16-33(21)13-5-4-11-27)26(24(35)32(2)25(29)31-26)18-9-6-8-17(14-18)20-10-7-12-30-23(20)28;/h3*6-10,12,14-16H,3-5,11,13H2,1-2H3,(H2,29,31);/t2*26-;;/m10../s1. The number of nitrogens with zero attached hydrogens (tertiary/aromatic N) is 12.